The number of carbonyl (C=O) groups is 1. The second-order valence-electron chi connectivity index (χ2n) is 5.79. The number of aromatic nitrogens is 2. The standard InChI is InChI=1S/C17H20N4O3S/c1-3-6-25-17-20-15-14(16(23)21-17)10(8-13(22)19-15)9-4-5-12(24-2)11(18)7-9/h4-5,7,10H,3,6,8,18H2,1-2H3,(H2,19,20,21,22,23). The van der Waals surface area contributed by atoms with Gasteiger partial charge in [-0.1, -0.05) is 24.8 Å². The summed E-state index contributed by atoms with van der Waals surface area (Å²) in [6, 6.07) is 5.30. The third-order valence-corrected chi connectivity index (χ3v) is 5.11. The van der Waals surface area contributed by atoms with Gasteiger partial charge in [0.25, 0.3) is 5.56 Å². The van der Waals surface area contributed by atoms with Crippen molar-refractivity contribution in [2.75, 3.05) is 23.9 Å². The molecule has 0 fully saturated rings. The number of hydrogen-bond donors (Lipinski definition) is 3. The van der Waals surface area contributed by atoms with Crippen LogP contribution in [0.3, 0.4) is 0 Å². The summed E-state index contributed by atoms with van der Waals surface area (Å²) >= 11 is 1.46. The normalized spacial score (nSPS) is 16.2. The van der Waals surface area contributed by atoms with Crippen molar-refractivity contribution < 1.29 is 9.53 Å². The highest BCUT2D eigenvalue weighted by atomic mass is 32.2. The van der Waals surface area contributed by atoms with Crippen molar-refractivity contribution in [2.45, 2.75) is 30.8 Å². The molecular weight excluding hydrogens is 340 g/mol. The van der Waals surface area contributed by atoms with Crippen LogP contribution in [0.25, 0.3) is 0 Å². The zero-order valence-electron chi connectivity index (χ0n) is 14.1. The van der Waals surface area contributed by atoms with Crippen molar-refractivity contribution in [3.05, 3.63) is 39.7 Å². The minimum atomic E-state index is -0.390. The van der Waals surface area contributed by atoms with Gasteiger partial charge in [0.15, 0.2) is 5.16 Å². The molecule has 1 aromatic heterocycles. The molecule has 2 aromatic rings. The Balaban J connectivity index is 2.05. The number of carbonyl (C=O) groups excluding carboxylic acids is 1. The summed E-state index contributed by atoms with van der Waals surface area (Å²) in [5, 5.41) is 3.23. The lowest BCUT2D eigenvalue weighted by molar-refractivity contribution is -0.116. The Kier molecular flexibility index (Phi) is 4.98. The number of nitrogen functional groups attached to an aromatic ring is 1. The minimum absolute atomic E-state index is 0.170. The number of thioether (sulfide) groups is 1. The molecule has 0 bridgehead atoms. The quantitative estimate of drug-likeness (QED) is 0.429. The third-order valence-electron chi connectivity index (χ3n) is 4.03. The van der Waals surface area contributed by atoms with Gasteiger partial charge in [0.1, 0.15) is 11.6 Å². The van der Waals surface area contributed by atoms with Crippen molar-refractivity contribution in [1.29, 1.82) is 0 Å². The molecule has 1 amide bonds. The van der Waals surface area contributed by atoms with Gasteiger partial charge in [0, 0.05) is 18.1 Å². The predicted octanol–water partition coefficient (Wildman–Crippen LogP) is 2.34. The van der Waals surface area contributed by atoms with E-state index in [1.165, 1.54) is 11.8 Å². The summed E-state index contributed by atoms with van der Waals surface area (Å²) in [7, 11) is 1.54. The molecule has 4 N–H and O–H groups in total. The van der Waals surface area contributed by atoms with Crippen molar-refractivity contribution in [3.63, 3.8) is 0 Å². The van der Waals surface area contributed by atoms with E-state index in [0.29, 0.717) is 28.0 Å². The smallest absolute Gasteiger partial charge is 0.257 e. The first kappa shape index (κ1) is 17.3. The number of rotatable bonds is 5. The number of hydrogen-bond acceptors (Lipinski definition) is 6. The van der Waals surface area contributed by atoms with Gasteiger partial charge in [-0.15, -0.1) is 0 Å². The second-order valence-corrected chi connectivity index (χ2v) is 6.87. The number of anilines is 2. The fourth-order valence-corrected chi connectivity index (χ4v) is 3.59. The number of aromatic amines is 1. The van der Waals surface area contributed by atoms with E-state index in [9.17, 15) is 9.59 Å². The third kappa shape index (κ3) is 3.48. The van der Waals surface area contributed by atoms with Crippen molar-refractivity contribution in [1.82, 2.24) is 9.97 Å². The van der Waals surface area contributed by atoms with Crippen LogP contribution in [0.1, 0.15) is 36.8 Å². The summed E-state index contributed by atoms with van der Waals surface area (Å²) in [5.41, 5.74) is 7.46. The first-order valence-electron chi connectivity index (χ1n) is 8.03. The van der Waals surface area contributed by atoms with Gasteiger partial charge < -0.3 is 20.8 Å². The van der Waals surface area contributed by atoms with Crippen LogP contribution in [-0.2, 0) is 4.79 Å². The molecular formula is C17H20N4O3S. The lowest BCUT2D eigenvalue weighted by Gasteiger charge is -2.25. The number of nitrogens with zero attached hydrogens (tertiary/aromatic N) is 1. The zero-order chi connectivity index (χ0) is 18.0. The molecule has 8 heteroatoms. The molecule has 1 unspecified atom stereocenters. The van der Waals surface area contributed by atoms with E-state index < -0.39 is 5.92 Å². The van der Waals surface area contributed by atoms with Gasteiger partial charge in [0.2, 0.25) is 5.91 Å². The number of nitrogens with one attached hydrogen (secondary N) is 2. The fourth-order valence-electron chi connectivity index (χ4n) is 2.87. The first-order chi connectivity index (χ1) is 12.0. The number of H-pyrrole nitrogens is 1. The molecule has 0 radical (unpaired) electrons. The Morgan fingerprint density at radius 2 is 2.20 bits per heavy atom. The maximum Gasteiger partial charge on any atom is 0.257 e. The van der Waals surface area contributed by atoms with E-state index >= 15 is 0 Å². The number of methoxy groups -OCH3 is 1. The average molecular weight is 360 g/mol. The number of fused-ring (bicyclic) bond motifs is 1. The lowest BCUT2D eigenvalue weighted by atomic mass is 9.86. The van der Waals surface area contributed by atoms with Gasteiger partial charge >= 0.3 is 0 Å². The van der Waals surface area contributed by atoms with Crippen LogP contribution in [0.5, 0.6) is 5.75 Å². The molecule has 0 saturated heterocycles. The molecule has 7 nitrogen and oxygen atoms in total. The molecule has 3 rings (SSSR count). The molecule has 1 aliphatic heterocycles. The van der Waals surface area contributed by atoms with E-state index in [1.807, 2.05) is 6.07 Å². The molecule has 0 aliphatic carbocycles. The monoisotopic (exact) mass is 360 g/mol. The summed E-state index contributed by atoms with van der Waals surface area (Å²) in [4.78, 5) is 32.0. The number of benzene rings is 1. The topological polar surface area (TPSA) is 110 Å². The Morgan fingerprint density at radius 3 is 2.88 bits per heavy atom. The van der Waals surface area contributed by atoms with E-state index in [2.05, 4.69) is 22.2 Å². The molecule has 0 spiro atoms. The van der Waals surface area contributed by atoms with Gasteiger partial charge in [-0.2, -0.15) is 0 Å². The summed E-state index contributed by atoms with van der Waals surface area (Å²) in [6.45, 7) is 2.05. The van der Waals surface area contributed by atoms with Gasteiger partial charge in [-0.3, -0.25) is 9.59 Å². The highest BCUT2D eigenvalue weighted by molar-refractivity contribution is 7.99. The summed E-state index contributed by atoms with van der Waals surface area (Å²) in [6.07, 6.45) is 1.14. The molecule has 0 saturated carbocycles. The highest BCUT2D eigenvalue weighted by Crippen LogP contribution is 2.36. The van der Waals surface area contributed by atoms with Crippen LogP contribution < -0.4 is 21.3 Å². The average Bonchev–Trinajstić information content (AvgIpc) is 2.58. The number of nitrogens with two attached hydrogens (primary N) is 1. The van der Waals surface area contributed by atoms with E-state index in [0.717, 1.165) is 17.7 Å². The van der Waals surface area contributed by atoms with E-state index in [-0.39, 0.29) is 17.9 Å². The van der Waals surface area contributed by atoms with Crippen LogP contribution >= 0.6 is 11.8 Å². The lowest BCUT2D eigenvalue weighted by Crippen LogP contribution is -2.31. The maximum atomic E-state index is 12.6. The molecule has 2 heterocycles. The van der Waals surface area contributed by atoms with Crippen LogP contribution in [0.4, 0.5) is 11.5 Å². The van der Waals surface area contributed by atoms with Crippen molar-refractivity contribution in [3.8, 4) is 5.75 Å². The van der Waals surface area contributed by atoms with Gasteiger partial charge in [-0.25, -0.2) is 4.98 Å². The fraction of sp³-hybridized carbons (Fsp3) is 0.353. The van der Waals surface area contributed by atoms with Gasteiger partial charge in [-0.05, 0) is 24.1 Å². The number of amides is 1. The largest absolute Gasteiger partial charge is 0.495 e. The molecule has 1 atom stereocenters. The van der Waals surface area contributed by atoms with E-state index in [1.54, 1.807) is 19.2 Å². The van der Waals surface area contributed by atoms with Crippen LogP contribution in [0, 0.1) is 0 Å². The minimum Gasteiger partial charge on any atom is -0.495 e. The van der Waals surface area contributed by atoms with Crippen molar-refractivity contribution >= 4 is 29.2 Å². The van der Waals surface area contributed by atoms with Crippen LogP contribution in [0.15, 0.2) is 28.2 Å². The maximum absolute atomic E-state index is 12.6. The Hall–Kier alpha value is -2.48. The molecule has 1 aliphatic rings. The van der Waals surface area contributed by atoms with Crippen LogP contribution in [-0.4, -0.2) is 28.7 Å². The predicted molar refractivity (Wildman–Crippen MR) is 98.4 cm³/mol. The van der Waals surface area contributed by atoms with E-state index in [4.69, 9.17) is 10.5 Å². The molecule has 25 heavy (non-hydrogen) atoms. The van der Waals surface area contributed by atoms with Crippen LogP contribution in [0.2, 0.25) is 0 Å². The Bertz CT molecular complexity index is 865. The Morgan fingerprint density at radius 1 is 1.40 bits per heavy atom. The summed E-state index contributed by atoms with van der Waals surface area (Å²) < 4.78 is 5.17. The second kappa shape index (κ2) is 7.18. The number of ether oxygens (including phenoxy) is 1. The van der Waals surface area contributed by atoms with Crippen molar-refractivity contribution in [2.24, 2.45) is 0 Å². The Labute approximate surface area is 149 Å². The first-order valence-corrected chi connectivity index (χ1v) is 9.02. The summed E-state index contributed by atoms with van der Waals surface area (Å²) in [5.74, 6) is 1.17. The molecule has 132 valence electrons. The van der Waals surface area contributed by atoms with Gasteiger partial charge in [0.05, 0.1) is 18.4 Å². The molecule has 1 aromatic carbocycles. The SMILES string of the molecule is CCCSc1nc2c(c(=O)[nH]1)C(c1ccc(OC)c(N)c1)CC(=O)N2. The highest BCUT2D eigenvalue weighted by Gasteiger charge is 2.31. The zero-order valence-corrected chi connectivity index (χ0v) is 14.9.